The molecule has 6 heteroatoms. The quantitative estimate of drug-likeness (QED) is 0.827. The van der Waals surface area contributed by atoms with Crippen molar-refractivity contribution in [2.45, 2.75) is 13.3 Å². The molecule has 0 aliphatic carbocycles. The Bertz CT molecular complexity index is 798. The third kappa shape index (κ3) is 4.70. The molecule has 2 aromatic carbocycles. The summed E-state index contributed by atoms with van der Waals surface area (Å²) in [7, 11) is 0. The van der Waals surface area contributed by atoms with Crippen LogP contribution in [-0.2, 0) is 11.2 Å². The van der Waals surface area contributed by atoms with Crippen molar-refractivity contribution in [2.75, 3.05) is 26.2 Å². The Balaban J connectivity index is 1.53. The Morgan fingerprint density at radius 1 is 0.852 bits per heavy atom. The highest BCUT2D eigenvalue weighted by atomic mass is 19.1. The molecule has 1 unspecified atom stereocenters. The molecule has 2 amide bonds. The highest BCUT2D eigenvalue weighted by Crippen LogP contribution is 2.15. The number of carbonyl (C=O) groups is 2. The molecule has 1 atom stereocenters. The van der Waals surface area contributed by atoms with Crippen LogP contribution >= 0.6 is 0 Å². The van der Waals surface area contributed by atoms with E-state index in [1.165, 1.54) is 36.4 Å². The summed E-state index contributed by atoms with van der Waals surface area (Å²) in [6, 6.07) is 11.7. The van der Waals surface area contributed by atoms with Gasteiger partial charge >= 0.3 is 0 Å². The zero-order chi connectivity index (χ0) is 19.4. The van der Waals surface area contributed by atoms with Crippen LogP contribution in [0.25, 0.3) is 0 Å². The summed E-state index contributed by atoms with van der Waals surface area (Å²) in [6.45, 7) is 3.71. The van der Waals surface area contributed by atoms with Gasteiger partial charge in [0.15, 0.2) is 0 Å². The lowest BCUT2D eigenvalue weighted by molar-refractivity contribution is -0.136. The molecular formula is C21H22F2N2O2. The van der Waals surface area contributed by atoms with E-state index >= 15 is 0 Å². The fourth-order valence-electron chi connectivity index (χ4n) is 3.28. The van der Waals surface area contributed by atoms with Crippen LogP contribution in [-0.4, -0.2) is 47.8 Å². The van der Waals surface area contributed by atoms with E-state index in [2.05, 4.69) is 0 Å². The molecule has 0 saturated carbocycles. The third-order valence-electron chi connectivity index (χ3n) is 4.85. The van der Waals surface area contributed by atoms with Gasteiger partial charge in [0.2, 0.25) is 5.91 Å². The molecule has 0 bridgehead atoms. The van der Waals surface area contributed by atoms with E-state index in [1.54, 1.807) is 21.9 Å². The molecule has 0 spiro atoms. The number of amides is 2. The minimum absolute atomic E-state index is 0.0354. The fraction of sp³-hybridized carbons (Fsp3) is 0.333. The van der Waals surface area contributed by atoms with Crippen molar-refractivity contribution in [3.05, 3.63) is 71.3 Å². The number of hydrogen-bond acceptors (Lipinski definition) is 2. The first-order valence-corrected chi connectivity index (χ1v) is 9.02. The second-order valence-corrected chi connectivity index (χ2v) is 6.86. The minimum atomic E-state index is -0.378. The highest BCUT2D eigenvalue weighted by Gasteiger charge is 2.27. The van der Waals surface area contributed by atoms with Crippen LogP contribution in [0, 0.1) is 17.6 Å². The Morgan fingerprint density at radius 2 is 1.33 bits per heavy atom. The number of nitrogens with zero attached hydrogens (tertiary/aromatic N) is 2. The van der Waals surface area contributed by atoms with Crippen LogP contribution in [0.5, 0.6) is 0 Å². The standard InChI is InChI=1S/C21H22F2N2O2/c1-15(14-16-2-6-18(22)7-3-16)20(26)24-10-12-25(13-11-24)21(27)17-4-8-19(23)9-5-17/h2-9,15H,10-14H2,1H3. The van der Waals surface area contributed by atoms with Gasteiger partial charge in [0.05, 0.1) is 0 Å². The zero-order valence-corrected chi connectivity index (χ0v) is 15.2. The molecule has 2 aromatic rings. The van der Waals surface area contributed by atoms with Crippen LogP contribution < -0.4 is 0 Å². The molecule has 1 fully saturated rings. The molecule has 0 radical (unpaired) electrons. The lowest BCUT2D eigenvalue weighted by atomic mass is 9.99. The minimum Gasteiger partial charge on any atom is -0.339 e. The van der Waals surface area contributed by atoms with Gasteiger partial charge in [-0.1, -0.05) is 19.1 Å². The summed E-state index contributed by atoms with van der Waals surface area (Å²) < 4.78 is 26.0. The van der Waals surface area contributed by atoms with Crippen molar-refractivity contribution in [1.29, 1.82) is 0 Å². The number of piperazine rings is 1. The van der Waals surface area contributed by atoms with Gasteiger partial charge in [-0.05, 0) is 48.4 Å². The molecule has 27 heavy (non-hydrogen) atoms. The monoisotopic (exact) mass is 372 g/mol. The lowest BCUT2D eigenvalue weighted by Crippen LogP contribution is -2.51. The average Bonchev–Trinajstić information content (AvgIpc) is 2.69. The van der Waals surface area contributed by atoms with Crippen LogP contribution in [0.1, 0.15) is 22.8 Å². The van der Waals surface area contributed by atoms with E-state index in [1.807, 2.05) is 6.92 Å². The molecule has 142 valence electrons. The van der Waals surface area contributed by atoms with Crippen molar-refractivity contribution in [2.24, 2.45) is 5.92 Å². The first kappa shape index (κ1) is 19.0. The van der Waals surface area contributed by atoms with Crippen molar-refractivity contribution >= 4 is 11.8 Å². The van der Waals surface area contributed by atoms with Crippen LogP contribution in [0.2, 0.25) is 0 Å². The topological polar surface area (TPSA) is 40.6 Å². The van der Waals surface area contributed by atoms with Gasteiger partial charge in [0, 0.05) is 37.7 Å². The maximum absolute atomic E-state index is 13.0. The van der Waals surface area contributed by atoms with Gasteiger partial charge in [0.25, 0.3) is 5.91 Å². The van der Waals surface area contributed by atoms with Crippen molar-refractivity contribution < 1.29 is 18.4 Å². The molecule has 1 aliphatic rings. The Labute approximate surface area is 157 Å². The van der Waals surface area contributed by atoms with Crippen molar-refractivity contribution in [3.63, 3.8) is 0 Å². The average molecular weight is 372 g/mol. The molecule has 0 N–H and O–H groups in total. The van der Waals surface area contributed by atoms with Crippen LogP contribution in [0.4, 0.5) is 8.78 Å². The van der Waals surface area contributed by atoms with E-state index < -0.39 is 0 Å². The van der Waals surface area contributed by atoms with E-state index in [-0.39, 0.29) is 29.4 Å². The Hall–Kier alpha value is -2.76. The van der Waals surface area contributed by atoms with Gasteiger partial charge in [-0.15, -0.1) is 0 Å². The second kappa shape index (κ2) is 8.29. The van der Waals surface area contributed by atoms with Crippen LogP contribution in [0.15, 0.2) is 48.5 Å². The molecule has 0 aromatic heterocycles. The van der Waals surface area contributed by atoms with Gasteiger partial charge in [0.1, 0.15) is 11.6 Å². The summed E-state index contributed by atoms with van der Waals surface area (Å²) in [5, 5.41) is 0. The maximum atomic E-state index is 13.0. The van der Waals surface area contributed by atoms with Gasteiger partial charge < -0.3 is 9.80 Å². The first-order valence-electron chi connectivity index (χ1n) is 9.02. The van der Waals surface area contributed by atoms with E-state index in [0.717, 1.165) is 5.56 Å². The van der Waals surface area contributed by atoms with Gasteiger partial charge in [-0.3, -0.25) is 9.59 Å². The fourth-order valence-corrected chi connectivity index (χ4v) is 3.28. The first-order chi connectivity index (χ1) is 12.9. The normalized spacial score (nSPS) is 15.5. The molecule has 3 rings (SSSR count). The zero-order valence-electron chi connectivity index (χ0n) is 15.2. The third-order valence-corrected chi connectivity index (χ3v) is 4.85. The summed E-state index contributed by atoms with van der Waals surface area (Å²) in [4.78, 5) is 28.6. The predicted octanol–water partition coefficient (Wildman–Crippen LogP) is 3.13. The summed E-state index contributed by atoms with van der Waals surface area (Å²) in [5.74, 6) is -0.999. The molecule has 1 heterocycles. The van der Waals surface area contributed by atoms with E-state index in [0.29, 0.717) is 38.2 Å². The van der Waals surface area contributed by atoms with Gasteiger partial charge in [-0.25, -0.2) is 8.78 Å². The molecule has 4 nitrogen and oxygen atoms in total. The second-order valence-electron chi connectivity index (χ2n) is 6.86. The summed E-state index contributed by atoms with van der Waals surface area (Å²) >= 11 is 0. The van der Waals surface area contributed by atoms with Crippen molar-refractivity contribution in [3.8, 4) is 0 Å². The SMILES string of the molecule is CC(Cc1ccc(F)cc1)C(=O)N1CCN(C(=O)c2ccc(F)cc2)CC1. The molecule has 1 saturated heterocycles. The molecular weight excluding hydrogens is 350 g/mol. The van der Waals surface area contributed by atoms with E-state index in [9.17, 15) is 18.4 Å². The van der Waals surface area contributed by atoms with E-state index in [4.69, 9.17) is 0 Å². The summed E-state index contributed by atoms with van der Waals surface area (Å²) in [6.07, 6.45) is 0.549. The largest absolute Gasteiger partial charge is 0.339 e. The number of halogens is 2. The van der Waals surface area contributed by atoms with Crippen LogP contribution in [0.3, 0.4) is 0 Å². The van der Waals surface area contributed by atoms with Crippen molar-refractivity contribution in [1.82, 2.24) is 9.80 Å². The maximum Gasteiger partial charge on any atom is 0.253 e. The highest BCUT2D eigenvalue weighted by molar-refractivity contribution is 5.94. The number of rotatable bonds is 4. The number of benzene rings is 2. The predicted molar refractivity (Wildman–Crippen MR) is 98.2 cm³/mol. The lowest BCUT2D eigenvalue weighted by Gasteiger charge is -2.36. The number of carbonyl (C=O) groups excluding carboxylic acids is 2. The smallest absolute Gasteiger partial charge is 0.253 e. The Morgan fingerprint density at radius 3 is 1.89 bits per heavy atom. The summed E-state index contributed by atoms with van der Waals surface area (Å²) in [5.41, 5.74) is 1.36. The van der Waals surface area contributed by atoms with Gasteiger partial charge in [-0.2, -0.15) is 0 Å². The number of hydrogen-bond donors (Lipinski definition) is 0. The molecule has 1 aliphatic heterocycles. The Kier molecular flexibility index (Phi) is 5.84.